The molecule has 0 aromatic carbocycles. The van der Waals surface area contributed by atoms with E-state index in [-0.39, 0.29) is 0 Å². The molecule has 3 rings (SSSR count). The van der Waals surface area contributed by atoms with Gasteiger partial charge in [0.25, 0.3) is 0 Å². The van der Waals surface area contributed by atoms with E-state index in [9.17, 15) is 0 Å². The zero-order valence-corrected chi connectivity index (χ0v) is 9.97. The Labute approximate surface area is 88.5 Å². The van der Waals surface area contributed by atoms with E-state index in [1.165, 1.54) is 25.7 Å². The molecule has 0 radical (unpaired) electrons. The summed E-state index contributed by atoms with van der Waals surface area (Å²) in [4.78, 5) is 0. The maximum atomic E-state index is 2.56. The molecule has 2 bridgehead atoms. The van der Waals surface area contributed by atoms with Crippen molar-refractivity contribution in [1.29, 1.82) is 0 Å². The zero-order chi connectivity index (χ0) is 9.97. The van der Waals surface area contributed by atoms with E-state index in [0.29, 0.717) is 5.41 Å². The van der Waals surface area contributed by atoms with Crippen LogP contribution in [0.2, 0.25) is 0 Å². The third-order valence-electron chi connectivity index (χ3n) is 6.34. The van der Waals surface area contributed by atoms with Crippen LogP contribution in [0, 0.1) is 28.6 Å². The summed E-state index contributed by atoms with van der Waals surface area (Å²) in [5.74, 6) is 3.15. The van der Waals surface area contributed by atoms with Crippen molar-refractivity contribution < 1.29 is 0 Å². The summed E-state index contributed by atoms with van der Waals surface area (Å²) < 4.78 is 0. The van der Waals surface area contributed by atoms with E-state index in [1.54, 1.807) is 12.8 Å². The van der Waals surface area contributed by atoms with Crippen LogP contribution < -0.4 is 0 Å². The van der Waals surface area contributed by atoms with Crippen LogP contribution in [-0.2, 0) is 0 Å². The van der Waals surface area contributed by atoms with Gasteiger partial charge in [0.05, 0.1) is 0 Å². The predicted octanol–water partition coefficient (Wildman–Crippen LogP) is 4.25. The predicted molar refractivity (Wildman–Crippen MR) is 60.1 cm³/mol. The second-order valence-corrected chi connectivity index (χ2v) is 6.88. The van der Waals surface area contributed by atoms with Crippen molar-refractivity contribution in [3.8, 4) is 0 Å². The highest BCUT2D eigenvalue weighted by Crippen LogP contribution is 2.71. The molecule has 80 valence electrons. The van der Waals surface area contributed by atoms with Gasteiger partial charge in [0.2, 0.25) is 0 Å². The van der Waals surface area contributed by atoms with Gasteiger partial charge in [-0.1, -0.05) is 27.2 Å². The molecule has 0 aromatic heterocycles. The third-order valence-corrected chi connectivity index (χ3v) is 6.34. The maximum Gasteiger partial charge on any atom is -0.0235 e. The van der Waals surface area contributed by atoms with Gasteiger partial charge in [0.1, 0.15) is 0 Å². The lowest BCUT2D eigenvalue weighted by Gasteiger charge is -2.37. The Morgan fingerprint density at radius 1 is 1.07 bits per heavy atom. The van der Waals surface area contributed by atoms with Crippen LogP contribution >= 0.6 is 0 Å². The fraction of sp³-hybridized carbons (Fsp3) is 1.00. The lowest BCUT2D eigenvalue weighted by atomic mass is 9.67. The average Bonchev–Trinajstić information content (AvgIpc) is 2.51. The van der Waals surface area contributed by atoms with E-state index in [4.69, 9.17) is 0 Å². The first-order chi connectivity index (χ1) is 6.57. The van der Waals surface area contributed by atoms with E-state index in [1.807, 2.05) is 0 Å². The fourth-order valence-corrected chi connectivity index (χ4v) is 5.47. The van der Waals surface area contributed by atoms with Crippen LogP contribution in [0.15, 0.2) is 0 Å². The van der Waals surface area contributed by atoms with Crippen LogP contribution in [0.5, 0.6) is 0 Å². The lowest BCUT2D eigenvalue weighted by Crippen LogP contribution is -2.30. The Morgan fingerprint density at radius 2 is 1.86 bits per heavy atom. The summed E-state index contributed by atoms with van der Waals surface area (Å²) in [7, 11) is 0. The maximum absolute atomic E-state index is 2.56. The number of hydrogen-bond acceptors (Lipinski definition) is 0. The Bertz CT molecular complexity index is 253. The molecule has 0 nitrogen and oxygen atoms in total. The SMILES string of the molecule is C[C@@H]1CC[C@H]2C(C)(C)[C@@H]3CCC[C@]12C3. The normalized spacial score (nSPS) is 54.6. The smallest absolute Gasteiger partial charge is 0.0235 e. The molecule has 1 spiro atoms. The van der Waals surface area contributed by atoms with Crippen LogP contribution in [-0.4, -0.2) is 0 Å². The van der Waals surface area contributed by atoms with E-state index in [2.05, 4.69) is 20.8 Å². The van der Waals surface area contributed by atoms with Gasteiger partial charge in [-0.2, -0.15) is 0 Å². The molecule has 3 aliphatic carbocycles. The van der Waals surface area contributed by atoms with E-state index in [0.717, 1.165) is 23.2 Å². The molecule has 0 amide bonds. The van der Waals surface area contributed by atoms with Gasteiger partial charge < -0.3 is 0 Å². The van der Waals surface area contributed by atoms with Gasteiger partial charge in [0.15, 0.2) is 0 Å². The number of fused-ring (bicyclic) bond motifs is 1. The summed E-state index contributed by atoms with van der Waals surface area (Å²) in [6, 6.07) is 0. The Morgan fingerprint density at radius 3 is 2.64 bits per heavy atom. The summed E-state index contributed by atoms with van der Waals surface area (Å²) in [5, 5.41) is 0. The Kier molecular flexibility index (Phi) is 1.70. The number of hydrogen-bond donors (Lipinski definition) is 0. The monoisotopic (exact) mass is 192 g/mol. The molecule has 0 unspecified atom stereocenters. The van der Waals surface area contributed by atoms with Crippen LogP contribution in [0.1, 0.15) is 59.3 Å². The average molecular weight is 192 g/mol. The van der Waals surface area contributed by atoms with Crippen LogP contribution in [0.3, 0.4) is 0 Å². The van der Waals surface area contributed by atoms with Gasteiger partial charge in [-0.15, -0.1) is 0 Å². The Balaban J connectivity index is 2.05. The minimum absolute atomic E-state index is 0.668. The van der Waals surface area contributed by atoms with Crippen molar-refractivity contribution in [3.05, 3.63) is 0 Å². The van der Waals surface area contributed by atoms with E-state index < -0.39 is 0 Å². The topological polar surface area (TPSA) is 0 Å². The van der Waals surface area contributed by atoms with Crippen molar-refractivity contribution in [2.75, 3.05) is 0 Å². The van der Waals surface area contributed by atoms with Crippen molar-refractivity contribution in [2.45, 2.75) is 59.3 Å². The second-order valence-electron chi connectivity index (χ2n) is 6.88. The lowest BCUT2D eigenvalue weighted by molar-refractivity contribution is 0.115. The number of rotatable bonds is 0. The first-order valence-corrected chi connectivity index (χ1v) is 6.57. The van der Waals surface area contributed by atoms with Crippen LogP contribution in [0.4, 0.5) is 0 Å². The standard InChI is InChI=1S/C14H24/c1-10-6-7-12-13(2,3)11-5-4-8-14(10,12)9-11/h10-12H,4-9H2,1-3H3/t10-,11-,12+,14+/m1/s1. The van der Waals surface area contributed by atoms with Crippen molar-refractivity contribution in [2.24, 2.45) is 28.6 Å². The molecule has 0 heteroatoms. The van der Waals surface area contributed by atoms with E-state index >= 15 is 0 Å². The van der Waals surface area contributed by atoms with Gasteiger partial charge in [-0.05, 0) is 60.7 Å². The quantitative estimate of drug-likeness (QED) is 0.538. The molecule has 3 fully saturated rings. The summed E-state index contributed by atoms with van der Waals surface area (Å²) in [5.41, 5.74) is 1.47. The molecular formula is C14H24. The highest BCUT2D eigenvalue weighted by molar-refractivity contribution is 5.12. The molecule has 0 saturated heterocycles. The van der Waals surface area contributed by atoms with Crippen molar-refractivity contribution in [3.63, 3.8) is 0 Å². The second kappa shape index (κ2) is 2.57. The van der Waals surface area contributed by atoms with Gasteiger partial charge in [-0.3, -0.25) is 0 Å². The minimum Gasteiger partial charge on any atom is -0.0620 e. The Hall–Kier alpha value is 0. The van der Waals surface area contributed by atoms with Gasteiger partial charge >= 0.3 is 0 Å². The largest absolute Gasteiger partial charge is 0.0620 e. The molecule has 0 N–H and O–H groups in total. The van der Waals surface area contributed by atoms with Gasteiger partial charge in [0, 0.05) is 0 Å². The first kappa shape index (κ1) is 9.24. The first-order valence-electron chi connectivity index (χ1n) is 6.57. The molecule has 0 heterocycles. The van der Waals surface area contributed by atoms with Crippen molar-refractivity contribution in [1.82, 2.24) is 0 Å². The summed E-state index contributed by atoms with van der Waals surface area (Å²) in [6.07, 6.45) is 9.23. The third kappa shape index (κ3) is 0.864. The van der Waals surface area contributed by atoms with Gasteiger partial charge in [-0.25, -0.2) is 0 Å². The summed E-state index contributed by atoms with van der Waals surface area (Å²) in [6.45, 7) is 7.66. The molecule has 3 aliphatic rings. The van der Waals surface area contributed by atoms with Crippen LogP contribution in [0.25, 0.3) is 0 Å². The molecular weight excluding hydrogens is 168 g/mol. The van der Waals surface area contributed by atoms with Crippen molar-refractivity contribution >= 4 is 0 Å². The minimum atomic E-state index is 0.668. The molecule has 14 heavy (non-hydrogen) atoms. The highest BCUT2D eigenvalue weighted by atomic mass is 14.7. The molecule has 4 atom stereocenters. The highest BCUT2D eigenvalue weighted by Gasteiger charge is 2.62. The molecule has 0 aliphatic heterocycles. The molecule has 3 saturated carbocycles. The zero-order valence-electron chi connectivity index (χ0n) is 9.97. The summed E-state index contributed by atoms with van der Waals surface area (Å²) >= 11 is 0. The fourth-order valence-electron chi connectivity index (χ4n) is 5.47. The molecule has 0 aromatic rings.